The molecule has 1 unspecified atom stereocenters. The first-order valence-corrected chi connectivity index (χ1v) is 7.98. The van der Waals surface area contributed by atoms with Gasteiger partial charge in [0.1, 0.15) is 11.6 Å². The van der Waals surface area contributed by atoms with E-state index in [0.717, 1.165) is 4.88 Å². The van der Waals surface area contributed by atoms with Crippen LogP contribution in [0.2, 0.25) is 0 Å². The normalized spacial score (nSPS) is 16.7. The zero-order valence-corrected chi connectivity index (χ0v) is 13.5. The molecule has 0 bridgehead atoms. The van der Waals surface area contributed by atoms with Crippen LogP contribution in [0.4, 0.5) is 11.6 Å². The number of nitrogen functional groups attached to an aromatic ring is 1. The van der Waals surface area contributed by atoms with Crippen LogP contribution in [0.15, 0.2) is 33.6 Å². The lowest BCUT2D eigenvalue weighted by molar-refractivity contribution is -0.138. The Labute approximate surface area is 136 Å². The minimum atomic E-state index is -0.536. The van der Waals surface area contributed by atoms with Crippen LogP contribution in [0.5, 0.6) is 0 Å². The fraction of sp³-hybridized carbons (Fsp3) is 0.267. The van der Waals surface area contributed by atoms with Crippen LogP contribution in [-0.2, 0) is 9.53 Å². The molecule has 0 amide bonds. The van der Waals surface area contributed by atoms with Gasteiger partial charge in [0.2, 0.25) is 0 Å². The Morgan fingerprint density at radius 1 is 1.52 bits per heavy atom. The molecule has 120 valence electrons. The number of allylic oxidation sites excluding steroid dienone is 1. The van der Waals surface area contributed by atoms with E-state index in [1.165, 1.54) is 11.3 Å². The second-order valence-electron chi connectivity index (χ2n) is 5.05. The summed E-state index contributed by atoms with van der Waals surface area (Å²) in [6.45, 7) is 3.79. The van der Waals surface area contributed by atoms with Crippen molar-refractivity contribution in [2.75, 3.05) is 17.7 Å². The number of hydrogen-bond donors (Lipinski definition) is 3. The summed E-state index contributed by atoms with van der Waals surface area (Å²) < 4.78 is 5.19. The van der Waals surface area contributed by atoms with E-state index in [0.29, 0.717) is 22.7 Å². The van der Waals surface area contributed by atoms with Crippen LogP contribution in [0, 0.1) is 0 Å². The molecule has 1 aliphatic rings. The molecule has 0 saturated heterocycles. The number of nitrogens with zero attached hydrogens (tertiary/aromatic N) is 1. The number of hydrogen-bond acceptors (Lipinski definition) is 7. The zero-order valence-electron chi connectivity index (χ0n) is 12.7. The Morgan fingerprint density at radius 2 is 2.30 bits per heavy atom. The molecule has 7 nitrogen and oxygen atoms in total. The third-order valence-electron chi connectivity index (χ3n) is 3.61. The van der Waals surface area contributed by atoms with Gasteiger partial charge < -0.3 is 15.8 Å². The summed E-state index contributed by atoms with van der Waals surface area (Å²) in [4.78, 5) is 31.4. The Hall–Kier alpha value is -2.61. The van der Waals surface area contributed by atoms with Gasteiger partial charge in [0.15, 0.2) is 0 Å². The average molecular weight is 332 g/mol. The highest BCUT2D eigenvalue weighted by molar-refractivity contribution is 7.10. The maximum absolute atomic E-state index is 12.5. The van der Waals surface area contributed by atoms with Gasteiger partial charge in [0, 0.05) is 16.1 Å². The number of thiophene rings is 1. The lowest BCUT2D eigenvalue weighted by Crippen LogP contribution is -2.28. The minimum Gasteiger partial charge on any atom is -0.463 e. The summed E-state index contributed by atoms with van der Waals surface area (Å²) >= 11 is 1.50. The van der Waals surface area contributed by atoms with E-state index in [1.54, 1.807) is 13.8 Å². The summed E-state index contributed by atoms with van der Waals surface area (Å²) in [6.07, 6.45) is 0. The molecule has 3 heterocycles. The minimum absolute atomic E-state index is 0.195. The first-order valence-electron chi connectivity index (χ1n) is 7.11. The number of carbonyl (C=O) groups excluding carboxylic acids is 1. The topological polar surface area (TPSA) is 110 Å². The molecular formula is C15H16N4O3S. The summed E-state index contributed by atoms with van der Waals surface area (Å²) in [6, 6.07) is 3.82. The standard InChI is InChI=1S/C15H16N4O3S/c1-3-22-14(20)9-7(2)17-13-11(12(16)18-15(21)19-13)10(9)8-5-4-6-23-8/h4-6,10H,3H2,1-2H3,(H4,16,17,18,19,21). The number of H-pyrrole nitrogens is 1. The van der Waals surface area contributed by atoms with E-state index in [-0.39, 0.29) is 12.4 Å². The second kappa shape index (κ2) is 5.88. The van der Waals surface area contributed by atoms with Gasteiger partial charge in [-0.2, -0.15) is 4.98 Å². The van der Waals surface area contributed by atoms with Gasteiger partial charge in [0.05, 0.1) is 18.1 Å². The van der Waals surface area contributed by atoms with Crippen molar-refractivity contribution in [2.24, 2.45) is 0 Å². The molecule has 0 fully saturated rings. The number of nitrogens with one attached hydrogen (secondary N) is 2. The van der Waals surface area contributed by atoms with Crippen molar-refractivity contribution in [1.82, 2.24) is 9.97 Å². The molecule has 23 heavy (non-hydrogen) atoms. The summed E-state index contributed by atoms with van der Waals surface area (Å²) in [7, 11) is 0. The first-order chi connectivity index (χ1) is 11.0. The molecule has 3 rings (SSSR count). The Kier molecular flexibility index (Phi) is 3.91. The van der Waals surface area contributed by atoms with Crippen LogP contribution in [0.3, 0.4) is 0 Å². The molecule has 0 aliphatic carbocycles. The molecule has 0 radical (unpaired) electrons. The highest BCUT2D eigenvalue weighted by Gasteiger charge is 2.36. The Morgan fingerprint density at radius 3 is 2.96 bits per heavy atom. The van der Waals surface area contributed by atoms with Crippen LogP contribution in [-0.4, -0.2) is 22.5 Å². The maximum Gasteiger partial charge on any atom is 0.348 e. The van der Waals surface area contributed by atoms with Gasteiger partial charge in [-0.3, -0.25) is 4.98 Å². The molecule has 1 atom stereocenters. The second-order valence-corrected chi connectivity index (χ2v) is 6.03. The van der Waals surface area contributed by atoms with Crippen LogP contribution < -0.4 is 16.7 Å². The third kappa shape index (κ3) is 2.61. The summed E-state index contributed by atoms with van der Waals surface area (Å²) in [5, 5.41) is 4.92. The Balaban J connectivity index is 2.24. The fourth-order valence-electron chi connectivity index (χ4n) is 2.71. The van der Waals surface area contributed by atoms with Crippen molar-refractivity contribution in [3.8, 4) is 0 Å². The number of fused-ring (bicyclic) bond motifs is 1. The van der Waals surface area contributed by atoms with E-state index in [9.17, 15) is 9.59 Å². The number of rotatable bonds is 3. The molecule has 0 aromatic carbocycles. The van der Waals surface area contributed by atoms with Crippen molar-refractivity contribution < 1.29 is 9.53 Å². The average Bonchev–Trinajstić information content (AvgIpc) is 2.99. The van der Waals surface area contributed by atoms with E-state index in [1.807, 2.05) is 17.5 Å². The molecule has 8 heteroatoms. The number of anilines is 2. The highest BCUT2D eigenvalue weighted by atomic mass is 32.1. The number of esters is 1. The van der Waals surface area contributed by atoms with E-state index < -0.39 is 17.6 Å². The number of aromatic nitrogens is 2. The maximum atomic E-state index is 12.5. The van der Waals surface area contributed by atoms with Gasteiger partial charge in [-0.25, -0.2) is 9.59 Å². The van der Waals surface area contributed by atoms with Crippen molar-refractivity contribution in [1.29, 1.82) is 0 Å². The van der Waals surface area contributed by atoms with Crippen molar-refractivity contribution in [2.45, 2.75) is 19.8 Å². The van der Waals surface area contributed by atoms with Gasteiger partial charge in [-0.05, 0) is 25.3 Å². The van der Waals surface area contributed by atoms with Gasteiger partial charge in [-0.1, -0.05) is 6.07 Å². The van der Waals surface area contributed by atoms with Gasteiger partial charge in [0.25, 0.3) is 0 Å². The lowest BCUT2D eigenvalue weighted by atomic mass is 9.86. The summed E-state index contributed by atoms with van der Waals surface area (Å²) in [5.41, 5.74) is 7.14. The predicted octanol–water partition coefficient (Wildman–Crippen LogP) is 1.81. The van der Waals surface area contributed by atoms with Crippen molar-refractivity contribution in [3.05, 3.63) is 49.7 Å². The van der Waals surface area contributed by atoms with Gasteiger partial charge in [-0.15, -0.1) is 11.3 Å². The van der Waals surface area contributed by atoms with Crippen LogP contribution >= 0.6 is 11.3 Å². The molecule has 0 saturated carbocycles. The van der Waals surface area contributed by atoms with Crippen LogP contribution in [0.1, 0.15) is 30.2 Å². The molecular weight excluding hydrogens is 316 g/mol. The fourth-order valence-corrected chi connectivity index (χ4v) is 3.56. The number of aromatic amines is 1. The first kappa shape index (κ1) is 15.3. The van der Waals surface area contributed by atoms with E-state index >= 15 is 0 Å². The van der Waals surface area contributed by atoms with E-state index in [4.69, 9.17) is 10.5 Å². The zero-order chi connectivity index (χ0) is 16.6. The molecule has 2 aromatic rings. The number of nitrogens with two attached hydrogens (primary N) is 1. The third-order valence-corrected chi connectivity index (χ3v) is 4.55. The monoisotopic (exact) mass is 332 g/mol. The van der Waals surface area contributed by atoms with Crippen molar-refractivity contribution in [3.63, 3.8) is 0 Å². The SMILES string of the molecule is CCOC(=O)C1=C(C)Nc2nc(=O)[nH]c(N)c2C1c1cccs1. The lowest BCUT2D eigenvalue weighted by Gasteiger charge is -2.28. The number of ether oxygens (including phenoxy) is 1. The van der Waals surface area contributed by atoms with Crippen molar-refractivity contribution >= 4 is 28.9 Å². The predicted molar refractivity (Wildman–Crippen MR) is 88.4 cm³/mol. The molecule has 0 spiro atoms. The largest absolute Gasteiger partial charge is 0.463 e. The van der Waals surface area contributed by atoms with Crippen LogP contribution in [0.25, 0.3) is 0 Å². The summed E-state index contributed by atoms with van der Waals surface area (Å²) in [5.74, 6) is -0.266. The molecule has 1 aliphatic heterocycles. The smallest absolute Gasteiger partial charge is 0.348 e. The van der Waals surface area contributed by atoms with E-state index in [2.05, 4.69) is 15.3 Å². The highest BCUT2D eigenvalue weighted by Crippen LogP contribution is 2.44. The molecule has 2 aromatic heterocycles. The van der Waals surface area contributed by atoms with Gasteiger partial charge >= 0.3 is 11.7 Å². The quantitative estimate of drug-likeness (QED) is 0.739. The molecule has 4 N–H and O–H groups in total. The Bertz CT molecular complexity index is 839. The number of carbonyl (C=O) groups is 1.